The summed E-state index contributed by atoms with van der Waals surface area (Å²) >= 11 is 0. The van der Waals surface area contributed by atoms with Crippen LogP contribution in [0.1, 0.15) is 18.4 Å². The highest BCUT2D eigenvalue weighted by atomic mass is 16.5. The monoisotopic (exact) mass is 309 g/mol. The first-order chi connectivity index (χ1) is 11.3. The zero-order valence-electron chi connectivity index (χ0n) is 13.8. The molecule has 3 nitrogen and oxygen atoms in total. The number of hydrogen-bond acceptors (Lipinski definition) is 2. The van der Waals surface area contributed by atoms with E-state index in [4.69, 9.17) is 4.74 Å². The van der Waals surface area contributed by atoms with Gasteiger partial charge in [-0.15, -0.1) is 6.58 Å². The Hall–Kier alpha value is -1.87. The number of aromatic nitrogens is 1. The van der Waals surface area contributed by atoms with Crippen molar-refractivity contribution in [2.45, 2.75) is 25.3 Å². The quantitative estimate of drug-likeness (QED) is 0.811. The first kappa shape index (κ1) is 14.7. The topological polar surface area (TPSA) is 26.6 Å². The van der Waals surface area contributed by atoms with Gasteiger partial charge in [-0.2, -0.15) is 0 Å². The Morgan fingerprint density at radius 2 is 2.30 bits per heavy atom. The number of hydrogen-bond donors (Lipinski definition) is 0. The van der Waals surface area contributed by atoms with E-state index < -0.39 is 0 Å². The van der Waals surface area contributed by atoms with Gasteiger partial charge in [-0.05, 0) is 55.3 Å². The third-order valence-corrected chi connectivity index (χ3v) is 5.78. The van der Waals surface area contributed by atoms with Gasteiger partial charge < -0.3 is 4.74 Å². The SMILES string of the molecule is C=C[C@@H]1CN2CCC1CC2Cc1cc[nH+]c2ccc(OC)cc12. The number of aromatic amines is 1. The average molecular weight is 309 g/mol. The van der Waals surface area contributed by atoms with Crippen LogP contribution in [-0.2, 0) is 6.42 Å². The third kappa shape index (κ3) is 2.63. The molecular formula is C20H25N2O+. The minimum atomic E-state index is 0.668. The standard InChI is InChI=1S/C20H24N2O/c1-3-14-13-22-9-7-15(14)10-17(22)11-16-6-8-21-20-5-4-18(23-2)12-19(16)20/h3-6,8,12,14-15,17H,1,7,9-11,13H2,2H3/p+1/t14-,15?,17?/m1/s1. The van der Waals surface area contributed by atoms with E-state index in [-0.39, 0.29) is 0 Å². The lowest BCUT2D eigenvalue weighted by atomic mass is 9.74. The largest absolute Gasteiger partial charge is 0.497 e. The molecule has 3 aliphatic rings. The second kappa shape index (κ2) is 5.97. The van der Waals surface area contributed by atoms with Crippen molar-refractivity contribution < 1.29 is 9.72 Å². The second-order valence-corrected chi connectivity index (χ2v) is 6.95. The van der Waals surface area contributed by atoms with Gasteiger partial charge in [0.25, 0.3) is 0 Å². The van der Waals surface area contributed by atoms with Crippen LogP contribution < -0.4 is 9.72 Å². The van der Waals surface area contributed by atoms with Gasteiger partial charge >= 0.3 is 0 Å². The summed E-state index contributed by atoms with van der Waals surface area (Å²) in [4.78, 5) is 6.02. The summed E-state index contributed by atoms with van der Waals surface area (Å²) in [6, 6.07) is 9.18. The molecule has 0 radical (unpaired) electrons. The van der Waals surface area contributed by atoms with Crippen molar-refractivity contribution in [3.63, 3.8) is 0 Å². The van der Waals surface area contributed by atoms with Gasteiger partial charge in [0.15, 0.2) is 6.20 Å². The predicted molar refractivity (Wildman–Crippen MR) is 92.5 cm³/mol. The van der Waals surface area contributed by atoms with Gasteiger partial charge in [0.05, 0.1) is 12.5 Å². The summed E-state index contributed by atoms with van der Waals surface area (Å²) in [7, 11) is 1.73. The molecule has 120 valence electrons. The molecule has 3 fully saturated rings. The maximum atomic E-state index is 5.41. The molecule has 3 aliphatic heterocycles. The van der Waals surface area contributed by atoms with Crippen molar-refractivity contribution in [1.29, 1.82) is 0 Å². The van der Waals surface area contributed by atoms with Crippen molar-refractivity contribution in [3.8, 4) is 5.75 Å². The van der Waals surface area contributed by atoms with Crippen LogP contribution in [0.4, 0.5) is 0 Å². The Bertz CT molecular complexity index is 727. The first-order valence-electron chi connectivity index (χ1n) is 8.62. The molecule has 0 spiro atoms. The molecule has 3 unspecified atom stereocenters. The Morgan fingerprint density at radius 1 is 1.39 bits per heavy atom. The second-order valence-electron chi connectivity index (χ2n) is 6.95. The van der Waals surface area contributed by atoms with E-state index >= 15 is 0 Å². The number of H-pyrrole nitrogens is 1. The van der Waals surface area contributed by atoms with Gasteiger partial charge in [0, 0.05) is 24.7 Å². The number of fused-ring (bicyclic) bond motifs is 4. The van der Waals surface area contributed by atoms with Crippen molar-refractivity contribution in [1.82, 2.24) is 4.90 Å². The van der Waals surface area contributed by atoms with Gasteiger partial charge in [0.2, 0.25) is 5.52 Å². The summed E-state index contributed by atoms with van der Waals surface area (Å²) in [5.74, 6) is 2.45. The Balaban J connectivity index is 1.62. The number of methoxy groups -OCH3 is 1. The van der Waals surface area contributed by atoms with Crippen molar-refractivity contribution in [2.75, 3.05) is 20.2 Å². The van der Waals surface area contributed by atoms with Crippen LogP contribution in [0.25, 0.3) is 10.9 Å². The lowest BCUT2D eigenvalue weighted by molar-refractivity contribution is -0.344. The maximum Gasteiger partial charge on any atom is 0.211 e. The van der Waals surface area contributed by atoms with Crippen molar-refractivity contribution in [3.05, 3.63) is 48.7 Å². The molecule has 2 bridgehead atoms. The van der Waals surface area contributed by atoms with Crippen LogP contribution in [0.3, 0.4) is 0 Å². The molecule has 5 rings (SSSR count). The van der Waals surface area contributed by atoms with Crippen LogP contribution >= 0.6 is 0 Å². The summed E-state index contributed by atoms with van der Waals surface area (Å²) in [5, 5.41) is 1.29. The van der Waals surface area contributed by atoms with Crippen LogP contribution in [0.5, 0.6) is 5.75 Å². The number of piperidine rings is 3. The minimum Gasteiger partial charge on any atom is -0.497 e. The smallest absolute Gasteiger partial charge is 0.211 e. The number of nitrogens with zero attached hydrogens (tertiary/aromatic N) is 1. The zero-order valence-corrected chi connectivity index (χ0v) is 13.8. The Morgan fingerprint density at radius 3 is 3.04 bits per heavy atom. The Labute approximate surface area is 138 Å². The fourth-order valence-electron chi connectivity index (χ4n) is 4.45. The highest BCUT2D eigenvalue weighted by molar-refractivity contribution is 5.80. The molecule has 0 aliphatic carbocycles. The summed E-state index contributed by atoms with van der Waals surface area (Å²) in [6.45, 7) is 6.47. The molecule has 0 saturated carbocycles. The molecular weight excluding hydrogens is 284 g/mol. The lowest BCUT2D eigenvalue weighted by Crippen LogP contribution is -2.53. The average Bonchev–Trinajstić information content (AvgIpc) is 2.62. The van der Waals surface area contributed by atoms with Gasteiger partial charge in [-0.3, -0.25) is 4.90 Å². The predicted octanol–water partition coefficient (Wildman–Crippen LogP) is 3.10. The number of rotatable bonds is 4. The molecule has 1 aromatic heterocycles. The molecule has 1 aromatic carbocycles. The van der Waals surface area contributed by atoms with Gasteiger partial charge in [-0.1, -0.05) is 6.08 Å². The first-order valence-corrected chi connectivity index (χ1v) is 8.62. The number of pyridine rings is 1. The number of ether oxygens (including phenoxy) is 1. The maximum absolute atomic E-state index is 5.41. The fourth-order valence-corrected chi connectivity index (χ4v) is 4.45. The van der Waals surface area contributed by atoms with E-state index in [9.17, 15) is 0 Å². The Kier molecular flexibility index (Phi) is 3.82. The number of benzene rings is 1. The molecule has 3 saturated heterocycles. The summed E-state index contributed by atoms with van der Waals surface area (Å²) in [6.07, 6.45) is 8.00. The number of nitrogens with one attached hydrogen (secondary N) is 1. The highest BCUT2D eigenvalue weighted by Crippen LogP contribution is 2.38. The molecule has 4 atom stereocenters. The third-order valence-electron chi connectivity index (χ3n) is 5.78. The molecule has 3 heteroatoms. The van der Waals surface area contributed by atoms with Crippen LogP contribution in [0.15, 0.2) is 43.1 Å². The lowest BCUT2D eigenvalue weighted by Gasteiger charge is -2.49. The molecule has 1 N–H and O–H groups in total. The van der Waals surface area contributed by atoms with Crippen LogP contribution in [-0.4, -0.2) is 31.1 Å². The van der Waals surface area contributed by atoms with E-state index in [1.165, 1.54) is 42.4 Å². The molecule has 4 heterocycles. The normalized spacial score (nSPS) is 29.6. The molecule has 2 aromatic rings. The fraction of sp³-hybridized carbons (Fsp3) is 0.450. The van der Waals surface area contributed by atoms with E-state index in [1.54, 1.807) is 7.11 Å². The molecule has 0 amide bonds. The minimum absolute atomic E-state index is 0.668. The van der Waals surface area contributed by atoms with Gasteiger partial charge in [0.1, 0.15) is 5.75 Å². The summed E-state index contributed by atoms with van der Waals surface area (Å²) < 4.78 is 5.41. The van der Waals surface area contributed by atoms with Crippen LogP contribution in [0.2, 0.25) is 0 Å². The molecule has 23 heavy (non-hydrogen) atoms. The van der Waals surface area contributed by atoms with Crippen molar-refractivity contribution >= 4 is 10.9 Å². The summed E-state index contributed by atoms with van der Waals surface area (Å²) in [5.41, 5.74) is 2.61. The van der Waals surface area contributed by atoms with E-state index in [0.29, 0.717) is 12.0 Å². The van der Waals surface area contributed by atoms with E-state index in [0.717, 1.165) is 18.1 Å². The van der Waals surface area contributed by atoms with E-state index in [2.05, 4.69) is 46.9 Å². The highest BCUT2D eigenvalue weighted by Gasteiger charge is 2.38. The van der Waals surface area contributed by atoms with Crippen LogP contribution in [0, 0.1) is 11.8 Å². The van der Waals surface area contributed by atoms with Gasteiger partial charge in [-0.25, -0.2) is 4.98 Å². The van der Waals surface area contributed by atoms with E-state index in [1.807, 2.05) is 6.07 Å². The zero-order chi connectivity index (χ0) is 15.8. The van der Waals surface area contributed by atoms with Crippen molar-refractivity contribution in [2.24, 2.45) is 11.8 Å².